The molecule has 20 rings (SSSR count). The summed E-state index contributed by atoms with van der Waals surface area (Å²) in [7, 11) is 23.5. The maximum Gasteiger partial charge on any atom is 0.229 e. The Morgan fingerprint density at radius 2 is 0.897 bits per heavy atom. The molecule has 20 heterocycles. The van der Waals surface area contributed by atoms with Crippen molar-refractivity contribution < 1.29 is 13.5 Å². The van der Waals surface area contributed by atoms with Gasteiger partial charge in [-0.05, 0) is 376 Å². The summed E-state index contributed by atoms with van der Waals surface area (Å²) in [6.07, 6.45) is 31.1. The van der Waals surface area contributed by atoms with Gasteiger partial charge in [-0.1, -0.05) is 22.5 Å². The molecule has 10 aromatic rings. The number of piperidine rings is 10. The molecule has 10 aliphatic heterocycles. The first kappa shape index (κ1) is 98.4. The van der Waals surface area contributed by atoms with Crippen molar-refractivity contribution in [2.45, 2.75) is 221 Å². The lowest BCUT2D eigenvalue weighted by atomic mass is 9.94. The normalized spacial score (nSPS) is 21.0. The van der Waals surface area contributed by atoms with Gasteiger partial charge in [0.2, 0.25) is 18.2 Å². The van der Waals surface area contributed by atoms with Crippen molar-refractivity contribution in [3.05, 3.63) is 111 Å². The van der Waals surface area contributed by atoms with Crippen molar-refractivity contribution in [1.82, 2.24) is 180 Å². The van der Waals surface area contributed by atoms with Gasteiger partial charge < -0.3 is 62.5 Å². The minimum atomic E-state index is 0.484. The molecule has 0 saturated carbocycles. The minimum Gasteiger partial charge on any atom is -0.428 e. The lowest BCUT2D eigenvalue weighted by molar-refractivity contribution is 0.227. The van der Waals surface area contributed by atoms with Crippen LogP contribution in [-0.4, -0.2) is 382 Å². The van der Waals surface area contributed by atoms with Crippen molar-refractivity contribution in [3.63, 3.8) is 0 Å². The molecule has 0 aliphatic carbocycles. The van der Waals surface area contributed by atoms with Crippen molar-refractivity contribution in [2.24, 2.45) is 7.05 Å². The van der Waals surface area contributed by atoms with Crippen LogP contribution in [-0.2, 0) is 20.0 Å². The fourth-order valence-corrected chi connectivity index (χ4v) is 18.8. The molecular formula is C85H146N36O3S2. The van der Waals surface area contributed by atoms with Gasteiger partial charge in [-0.15, -0.1) is 41.9 Å². The molecule has 3 N–H and O–H groups in total. The molecule has 0 atom stereocenters. The summed E-state index contributed by atoms with van der Waals surface area (Å²) in [5.74, 6) is 14.3. The molecule has 10 saturated heterocycles. The zero-order chi connectivity index (χ0) is 88.8. The van der Waals surface area contributed by atoms with E-state index in [0.29, 0.717) is 53.3 Å². The number of likely N-dealkylation sites (tertiary alicyclic amines) is 10. The second kappa shape index (κ2) is 53.0. The number of nitrogens with one attached hydrogen (secondary N) is 3. The van der Waals surface area contributed by atoms with Crippen LogP contribution in [0.5, 0.6) is 0 Å². The molecule has 0 unspecified atom stereocenters. The standard InChI is InChI=1S/C10H18N4.C9H17N5.C9H15N3O.C9H14N2O.C9H14N2S.C8H15N5.C8H14N4.C8H13N3O.C8H13N3S.C7H13N5/c1-3-9-11-10(13-12-9)8-4-6-14(2)7-5-8;1-3-14-9(10-11-12-14)8-4-6-13(2)7-5-8;1-7-10-9(13-11-7)8-3-5-12(2)6-4-8;1-11-5-2-8(3-6-11)9-4-7-12-10-9;1-11-4-2-8(3-5-11)9-6-12-7-10-9;1-12-5-3-7(4-6-12)8-9-10-11-13(8)2;1-12-4-2-7(3-5-12)8-9-6-10-11-8;1-11-4-2-7(3-5-11)8-10-9-6-12-8;1-11-4-2-7(3-5-11)8-9-6-10-12-8;1-12-4-2-6(3-5-12)7-8-10-11-9-7/h8H,3-7H2,1-2H3,(H,11,12,13);8H,3-7H2,1-2H3;8H,3-6H2,1-2H3;4,7-8H,2-3,5-6H2,1H3;6-8H,2-5H2,1H3;7H,3-6H2,1-2H3;6-7H,2-5H2,1H3,(H,9,10,11);2*6-7H,2-5H2,1H3;6H,2-5H2,1H3,(H,8,9,10,11). The van der Waals surface area contributed by atoms with Crippen LogP contribution in [0.2, 0.25) is 0 Å². The first-order chi connectivity index (χ1) is 61.3. The Labute approximate surface area is 753 Å². The van der Waals surface area contributed by atoms with Crippen molar-refractivity contribution in [3.8, 4) is 0 Å². The predicted molar refractivity (Wildman–Crippen MR) is 485 cm³/mol. The van der Waals surface area contributed by atoms with E-state index < -0.39 is 0 Å². The SMILES string of the molecule is CCc1nc(C2CCN(C)CC2)n[nH]1.CCn1nnnc1C1CCN(C)CC1.CN1CCC(c2ccon2)CC1.CN1CCC(c2cscn2)CC1.CN1CCC(c2ncn[nH]2)CC1.CN1CCC(c2ncns2)CC1.CN1CCC(c2nn[nH]n2)CC1.CN1CCC(c2nnco2)CC1.CN1CCC(c2nnnn2C)CC1.Cc1noc(C2CCN(C)CC2)n1. The third kappa shape index (κ3) is 32.8. The Morgan fingerprint density at radius 3 is 1.30 bits per heavy atom. The molecule has 0 amide bonds. The van der Waals surface area contributed by atoms with Crippen LogP contribution in [0.25, 0.3) is 0 Å². The molecule has 0 aromatic carbocycles. The lowest BCUT2D eigenvalue weighted by Crippen LogP contribution is -2.30. The van der Waals surface area contributed by atoms with Crippen LogP contribution in [0.3, 0.4) is 0 Å². The quantitative estimate of drug-likeness (QED) is 0.102. The van der Waals surface area contributed by atoms with Crippen molar-refractivity contribution in [1.29, 1.82) is 0 Å². The summed E-state index contributed by atoms with van der Waals surface area (Å²) in [5.41, 5.74) is 4.38. The van der Waals surface area contributed by atoms with Gasteiger partial charge in [0.05, 0.1) is 16.9 Å². The first-order valence-corrected chi connectivity index (χ1v) is 48.0. The molecule has 0 radical (unpaired) electrons. The molecule has 696 valence electrons. The smallest absolute Gasteiger partial charge is 0.229 e. The Morgan fingerprint density at radius 1 is 0.429 bits per heavy atom. The number of aryl methyl sites for hydroxylation is 4. The third-order valence-electron chi connectivity index (χ3n) is 26.3. The van der Waals surface area contributed by atoms with Crippen LogP contribution in [0.4, 0.5) is 0 Å². The second-order valence-electron chi connectivity index (χ2n) is 36.0. The molecular weight excluding hydrogens is 1640 g/mol. The van der Waals surface area contributed by atoms with E-state index in [0.717, 1.165) is 181 Å². The number of nitrogens with zero attached hydrogens (tertiary/aromatic N) is 33. The van der Waals surface area contributed by atoms with Gasteiger partial charge in [-0.3, -0.25) is 10.2 Å². The number of aromatic nitrogens is 26. The Kier molecular flexibility index (Phi) is 41.4. The van der Waals surface area contributed by atoms with E-state index >= 15 is 0 Å². The van der Waals surface area contributed by atoms with E-state index in [4.69, 9.17) is 13.5 Å². The lowest BCUT2D eigenvalue weighted by Gasteiger charge is -2.27. The number of rotatable bonds is 12. The van der Waals surface area contributed by atoms with Crippen molar-refractivity contribution in [2.75, 3.05) is 201 Å². The summed E-state index contributed by atoms with van der Waals surface area (Å²) in [6.45, 7) is 30.2. The first-order valence-electron chi connectivity index (χ1n) is 46.2. The summed E-state index contributed by atoms with van der Waals surface area (Å²) in [6, 6.07) is 1.98. The number of H-pyrrole nitrogens is 3. The average Bonchev–Trinajstić information content (AvgIpc) is 1.67. The van der Waals surface area contributed by atoms with Gasteiger partial charge in [-0.2, -0.15) is 24.8 Å². The molecule has 0 bridgehead atoms. The Hall–Kier alpha value is -8.23. The van der Waals surface area contributed by atoms with Crippen LogP contribution >= 0.6 is 22.9 Å². The van der Waals surface area contributed by atoms with Crippen LogP contribution in [0.15, 0.2) is 55.7 Å². The minimum absolute atomic E-state index is 0.484. The summed E-state index contributed by atoms with van der Waals surface area (Å²) in [4.78, 5) is 45.1. The monoisotopic (exact) mass is 1780 g/mol. The fourth-order valence-electron chi connectivity index (χ4n) is 17.5. The molecule has 39 nitrogen and oxygen atoms in total. The predicted octanol–water partition coefficient (Wildman–Crippen LogP) is 9.17. The molecule has 10 fully saturated rings. The number of thiazole rings is 1. The van der Waals surface area contributed by atoms with Gasteiger partial charge in [-0.25, -0.2) is 29.3 Å². The molecule has 0 spiro atoms. The average molecular weight is 1780 g/mol. The maximum absolute atomic E-state index is 5.17. The Bertz CT molecular complexity index is 3910. The molecule has 41 heteroatoms. The van der Waals surface area contributed by atoms with Gasteiger partial charge in [0.25, 0.3) is 0 Å². The highest BCUT2D eigenvalue weighted by atomic mass is 32.1. The summed E-state index contributed by atoms with van der Waals surface area (Å²) >= 11 is 3.26. The number of aromatic amines is 3. The van der Waals surface area contributed by atoms with Gasteiger partial charge >= 0.3 is 0 Å². The second-order valence-corrected chi connectivity index (χ2v) is 37.5. The summed E-state index contributed by atoms with van der Waals surface area (Å²) < 4.78 is 22.9. The highest BCUT2D eigenvalue weighted by Crippen LogP contribution is 2.34. The topological polar surface area (TPSA) is 400 Å². The van der Waals surface area contributed by atoms with Gasteiger partial charge in [0.15, 0.2) is 29.1 Å². The third-order valence-corrected chi connectivity index (χ3v) is 27.7. The van der Waals surface area contributed by atoms with Crippen molar-refractivity contribution >= 4 is 22.9 Å². The zero-order valence-corrected chi connectivity index (χ0v) is 79.4. The number of tetrazole rings is 3. The van der Waals surface area contributed by atoms with Crippen LogP contribution in [0, 0.1) is 6.92 Å². The van der Waals surface area contributed by atoms with E-state index in [2.05, 4.69) is 261 Å². The van der Waals surface area contributed by atoms with Crippen LogP contribution in [0.1, 0.15) is 270 Å². The largest absolute Gasteiger partial charge is 0.428 e. The Balaban J connectivity index is 0.000000136. The molecule has 10 aliphatic rings. The van der Waals surface area contributed by atoms with E-state index in [9.17, 15) is 0 Å². The highest BCUT2D eigenvalue weighted by Gasteiger charge is 2.30. The van der Waals surface area contributed by atoms with Gasteiger partial charge in [0, 0.05) is 90.6 Å². The van der Waals surface area contributed by atoms with E-state index in [1.807, 2.05) is 30.2 Å². The van der Waals surface area contributed by atoms with Gasteiger partial charge in [0.1, 0.15) is 35.6 Å². The highest BCUT2D eigenvalue weighted by molar-refractivity contribution is 7.07. The number of hydrogen-bond donors (Lipinski definition) is 3. The van der Waals surface area contributed by atoms with E-state index in [1.165, 1.54) is 172 Å². The summed E-state index contributed by atoms with van der Waals surface area (Å²) in [5, 5.41) is 70.3. The molecule has 10 aromatic heterocycles. The number of hydrogen-bond acceptors (Lipinski definition) is 36. The maximum atomic E-state index is 5.17. The van der Waals surface area contributed by atoms with E-state index in [1.54, 1.807) is 46.5 Å². The van der Waals surface area contributed by atoms with Crippen LogP contribution < -0.4 is 0 Å². The van der Waals surface area contributed by atoms with E-state index in [-0.39, 0.29) is 0 Å². The molecule has 126 heavy (non-hydrogen) atoms. The fraction of sp³-hybridized carbons (Fsp3) is 0.776. The zero-order valence-electron chi connectivity index (χ0n) is 77.8.